The number of carboxylic acids is 1. The summed E-state index contributed by atoms with van der Waals surface area (Å²) < 4.78 is 35.7. The van der Waals surface area contributed by atoms with E-state index >= 15 is 0 Å². The van der Waals surface area contributed by atoms with E-state index in [9.17, 15) is 18.7 Å². The molecule has 10 nitrogen and oxygen atoms in total. The number of carboxylic acid groups (broad SMARTS) is 1. The molecule has 4 aromatic heterocycles. The van der Waals surface area contributed by atoms with Crippen molar-refractivity contribution in [2.24, 2.45) is 0 Å². The fourth-order valence-corrected chi connectivity index (χ4v) is 3.97. The zero-order chi connectivity index (χ0) is 26.6. The van der Waals surface area contributed by atoms with Gasteiger partial charge in [0.2, 0.25) is 0 Å². The molecule has 12 heteroatoms. The molecule has 1 unspecified atom stereocenters. The number of aliphatic carboxylic acids is 1. The van der Waals surface area contributed by atoms with Crippen LogP contribution in [0.15, 0.2) is 77.8 Å². The Hall–Kier alpha value is -5.00. The molecular formula is C26H21F2N7O3. The largest absolute Gasteiger partial charge is 0.480 e. The molecule has 192 valence electrons. The lowest BCUT2D eigenvalue weighted by molar-refractivity contribution is -0.138. The molecule has 5 aromatic rings. The number of pyridine rings is 1. The molecule has 0 saturated heterocycles. The molecule has 38 heavy (non-hydrogen) atoms. The number of hydrogen-bond acceptors (Lipinski definition) is 8. The third-order valence-electron chi connectivity index (χ3n) is 5.93. The predicted molar refractivity (Wildman–Crippen MR) is 132 cm³/mol. The van der Waals surface area contributed by atoms with Crippen molar-refractivity contribution in [2.75, 3.05) is 11.9 Å². The maximum absolute atomic E-state index is 14.9. The number of halogens is 2. The van der Waals surface area contributed by atoms with Crippen LogP contribution in [0.1, 0.15) is 11.3 Å². The Labute approximate surface area is 215 Å². The fourth-order valence-electron chi connectivity index (χ4n) is 3.97. The smallest absolute Gasteiger partial charge is 0.326 e. The van der Waals surface area contributed by atoms with Gasteiger partial charge in [0.15, 0.2) is 17.5 Å². The van der Waals surface area contributed by atoms with Crippen LogP contribution >= 0.6 is 0 Å². The summed E-state index contributed by atoms with van der Waals surface area (Å²) in [5.74, 6) is -2.53. The Bertz CT molecular complexity index is 1560. The lowest BCUT2D eigenvalue weighted by atomic mass is 10.1. The van der Waals surface area contributed by atoms with Crippen LogP contribution in [0.3, 0.4) is 0 Å². The van der Waals surface area contributed by atoms with Crippen molar-refractivity contribution in [2.45, 2.75) is 19.0 Å². The summed E-state index contributed by atoms with van der Waals surface area (Å²) in [7, 11) is 1.44. The van der Waals surface area contributed by atoms with Gasteiger partial charge in [-0.1, -0.05) is 29.4 Å². The number of anilines is 1. The number of benzene rings is 1. The Morgan fingerprint density at radius 3 is 2.61 bits per heavy atom. The van der Waals surface area contributed by atoms with E-state index in [0.717, 1.165) is 6.20 Å². The van der Waals surface area contributed by atoms with Gasteiger partial charge in [0, 0.05) is 37.0 Å². The summed E-state index contributed by atoms with van der Waals surface area (Å²) in [5.41, 5.74) is 2.13. The van der Waals surface area contributed by atoms with Crippen LogP contribution in [-0.4, -0.2) is 54.1 Å². The average molecular weight is 517 g/mol. The van der Waals surface area contributed by atoms with E-state index in [0.29, 0.717) is 22.6 Å². The van der Waals surface area contributed by atoms with Crippen LogP contribution in [0.25, 0.3) is 22.9 Å². The maximum atomic E-state index is 14.9. The van der Waals surface area contributed by atoms with Crippen molar-refractivity contribution >= 4 is 11.8 Å². The summed E-state index contributed by atoms with van der Waals surface area (Å²) in [6.07, 6.45) is 3.94. The van der Waals surface area contributed by atoms with E-state index in [-0.39, 0.29) is 30.3 Å². The molecule has 0 spiro atoms. The third-order valence-corrected chi connectivity index (χ3v) is 5.93. The van der Waals surface area contributed by atoms with Crippen LogP contribution in [0.5, 0.6) is 0 Å². The lowest BCUT2D eigenvalue weighted by Crippen LogP contribution is -2.41. The monoisotopic (exact) mass is 517 g/mol. The van der Waals surface area contributed by atoms with E-state index in [1.54, 1.807) is 54.7 Å². The molecule has 0 aliphatic rings. The first-order valence-corrected chi connectivity index (χ1v) is 11.5. The second-order valence-electron chi connectivity index (χ2n) is 8.40. The first kappa shape index (κ1) is 24.7. The van der Waals surface area contributed by atoms with Crippen LogP contribution in [0, 0.1) is 11.6 Å². The van der Waals surface area contributed by atoms with Crippen LogP contribution in [0.2, 0.25) is 0 Å². The molecular weight excluding hydrogens is 496 g/mol. The SMILES string of the molecule is CN(c1nc(-c2cc(-c3ccon3)n(Cc3ccccc3F)n2)ncc1F)C(Cc1ccccn1)C(=O)O. The van der Waals surface area contributed by atoms with Gasteiger partial charge in [-0.2, -0.15) is 5.10 Å². The molecule has 4 heterocycles. The van der Waals surface area contributed by atoms with Gasteiger partial charge in [0.25, 0.3) is 0 Å². The molecule has 0 bridgehead atoms. The van der Waals surface area contributed by atoms with Crippen molar-refractivity contribution < 1.29 is 23.2 Å². The Balaban J connectivity index is 1.51. The van der Waals surface area contributed by atoms with E-state index in [1.165, 1.54) is 29.0 Å². The molecule has 0 saturated carbocycles. The van der Waals surface area contributed by atoms with Crippen LogP contribution in [0.4, 0.5) is 14.6 Å². The molecule has 0 radical (unpaired) electrons. The number of carbonyl (C=O) groups is 1. The molecule has 1 atom stereocenters. The molecule has 1 aromatic carbocycles. The number of hydrogen-bond donors (Lipinski definition) is 1. The minimum Gasteiger partial charge on any atom is -0.480 e. The molecule has 5 rings (SSSR count). The van der Waals surface area contributed by atoms with E-state index in [1.807, 2.05) is 0 Å². The normalized spacial score (nSPS) is 11.9. The van der Waals surface area contributed by atoms with Crippen molar-refractivity contribution in [3.05, 3.63) is 96.1 Å². The van der Waals surface area contributed by atoms with Gasteiger partial charge < -0.3 is 14.5 Å². The van der Waals surface area contributed by atoms with Crippen molar-refractivity contribution in [1.82, 2.24) is 29.9 Å². The number of nitrogens with zero attached hydrogens (tertiary/aromatic N) is 7. The highest BCUT2D eigenvalue weighted by Gasteiger charge is 2.28. The highest BCUT2D eigenvalue weighted by molar-refractivity contribution is 5.78. The van der Waals surface area contributed by atoms with Gasteiger partial charge in [0.05, 0.1) is 18.4 Å². The maximum Gasteiger partial charge on any atom is 0.326 e. The van der Waals surface area contributed by atoms with E-state index in [2.05, 4.69) is 25.2 Å². The second kappa shape index (κ2) is 10.5. The summed E-state index contributed by atoms with van der Waals surface area (Å²) >= 11 is 0. The van der Waals surface area contributed by atoms with E-state index in [4.69, 9.17) is 4.52 Å². The first-order chi connectivity index (χ1) is 18.4. The quantitative estimate of drug-likeness (QED) is 0.311. The molecule has 0 fully saturated rings. The highest BCUT2D eigenvalue weighted by Crippen LogP contribution is 2.27. The van der Waals surface area contributed by atoms with Gasteiger partial charge in [-0.3, -0.25) is 9.67 Å². The number of aromatic nitrogens is 6. The van der Waals surface area contributed by atoms with Gasteiger partial charge in [-0.05, 0) is 24.3 Å². The second-order valence-corrected chi connectivity index (χ2v) is 8.40. The third kappa shape index (κ3) is 5.09. The summed E-state index contributed by atoms with van der Waals surface area (Å²) in [6.45, 7) is 0.0774. The minimum atomic E-state index is -1.17. The predicted octanol–water partition coefficient (Wildman–Crippen LogP) is 3.85. The zero-order valence-electron chi connectivity index (χ0n) is 20.1. The first-order valence-electron chi connectivity index (χ1n) is 11.5. The Kier molecular flexibility index (Phi) is 6.85. The minimum absolute atomic E-state index is 0.0268. The summed E-state index contributed by atoms with van der Waals surface area (Å²) in [4.78, 5) is 25.9. The fraction of sp³-hybridized carbons (Fsp3) is 0.154. The van der Waals surface area contributed by atoms with Crippen molar-refractivity contribution in [3.63, 3.8) is 0 Å². The van der Waals surface area contributed by atoms with Gasteiger partial charge in [-0.15, -0.1) is 0 Å². The molecule has 0 amide bonds. The lowest BCUT2D eigenvalue weighted by Gasteiger charge is -2.26. The highest BCUT2D eigenvalue weighted by atomic mass is 19.1. The van der Waals surface area contributed by atoms with Crippen LogP contribution < -0.4 is 4.90 Å². The standard InChI is InChI=1S/C26H21F2N7O3/c1-34(23(26(36)37)12-17-7-4-5-10-29-17)25-19(28)14-30-24(31-25)21-13-22(20-9-11-38-33-20)35(32-21)15-16-6-2-3-8-18(16)27/h2-11,13-14,23H,12,15H2,1H3,(H,36,37). The van der Waals surface area contributed by atoms with Gasteiger partial charge in [0.1, 0.15) is 29.5 Å². The zero-order valence-corrected chi connectivity index (χ0v) is 20.1. The number of rotatable bonds is 9. The van der Waals surface area contributed by atoms with E-state index < -0.39 is 23.6 Å². The van der Waals surface area contributed by atoms with Crippen molar-refractivity contribution in [3.8, 4) is 22.9 Å². The van der Waals surface area contributed by atoms with Gasteiger partial charge in [-0.25, -0.2) is 23.5 Å². The summed E-state index contributed by atoms with van der Waals surface area (Å²) in [6, 6.07) is 13.6. The van der Waals surface area contributed by atoms with Gasteiger partial charge >= 0.3 is 5.97 Å². The molecule has 0 aliphatic carbocycles. The summed E-state index contributed by atoms with van der Waals surface area (Å²) in [5, 5.41) is 18.3. The molecule has 1 N–H and O–H groups in total. The van der Waals surface area contributed by atoms with Crippen LogP contribution in [-0.2, 0) is 17.8 Å². The molecule has 0 aliphatic heterocycles. The topological polar surface area (TPSA) is 123 Å². The Morgan fingerprint density at radius 1 is 1.08 bits per heavy atom. The number of likely N-dealkylation sites (N-methyl/N-ethyl adjacent to an activating group) is 1. The Morgan fingerprint density at radius 2 is 1.89 bits per heavy atom. The van der Waals surface area contributed by atoms with Crippen molar-refractivity contribution in [1.29, 1.82) is 0 Å². The average Bonchev–Trinajstić information content (AvgIpc) is 3.59.